The summed E-state index contributed by atoms with van der Waals surface area (Å²) in [5.41, 5.74) is 6.94. The van der Waals surface area contributed by atoms with Crippen molar-refractivity contribution in [2.45, 2.75) is 25.8 Å². The molecule has 1 aromatic rings. The monoisotopic (exact) mass is 243 g/mol. The summed E-state index contributed by atoms with van der Waals surface area (Å²) in [5, 5.41) is 0.544. The zero-order chi connectivity index (χ0) is 12.1. The molecule has 0 aliphatic rings. The van der Waals surface area contributed by atoms with Crippen LogP contribution in [0, 0.1) is 0 Å². The molecule has 0 bridgehead atoms. The van der Waals surface area contributed by atoms with E-state index in [9.17, 15) is 0 Å². The van der Waals surface area contributed by atoms with E-state index >= 15 is 0 Å². The van der Waals surface area contributed by atoms with Crippen molar-refractivity contribution < 1.29 is 9.47 Å². The molecule has 0 aliphatic heterocycles. The number of methoxy groups -OCH3 is 2. The van der Waals surface area contributed by atoms with E-state index in [4.69, 9.17) is 26.8 Å². The summed E-state index contributed by atoms with van der Waals surface area (Å²) in [6.07, 6.45) is 1.92. The molecule has 0 unspecified atom stereocenters. The fraction of sp³-hybridized carbons (Fsp3) is 0.500. The molecule has 0 heterocycles. The van der Waals surface area contributed by atoms with Gasteiger partial charge in [0.1, 0.15) is 0 Å². The van der Waals surface area contributed by atoms with Crippen molar-refractivity contribution in [1.82, 2.24) is 0 Å². The van der Waals surface area contributed by atoms with E-state index in [2.05, 4.69) is 6.92 Å². The molecule has 1 rings (SSSR count). The molecule has 0 fully saturated rings. The van der Waals surface area contributed by atoms with E-state index < -0.39 is 0 Å². The Kier molecular flexibility index (Phi) is 4.90. The van der Waals surface area contributed by atoms with Crippen molar-refractivity contribution in [3.05, 3.63) is 22.7 Å². The summed E-state index contributed by atoms with van der Waals surface area (Å²) in [6.45, 7) is 2.09. The normalized spacial score (nSPS) is 12.3. The van der Waals surface area contributed by atoms with Crippen LogP contribution in [0.4, 0.5) is 0 Å². The van der Waals surface area contributed by atoms with Crippen molar-refractivity contribution in [3.63, 3.8) is 0 Å². The minimum absolute atomic E-state index is 0.0580. The van der Waals surface area contributed by atoms with Gasteiger partial charge in [-0.3, -0.25) is 0 Å². The van der Waals surface area contributed by atoms with Crippen molar-refractivity contribution >= 4 is 11.6 Å². The van der Waals surface area contributed by atoms with Crippen molar-refractivity contribution in [3.8, 4) is 11.5 Å². The molecule has 0 radical (unpaired) electrons. The summed E-state index contributed by atoms with van der Waals surface area (Å²) in [6, 6.07) is 3.66. The number of rotatable bonds is 5. The topological polar surface area (TPSA) is 44.5 Å². The third-order valence-electron chi connectivity index (χ3n) is 2.51. The predicted octanol–water partition coefficient (Wildman–Crippen LogP) is 3.16. The molecular weight excluding hydrogens is 226 g/mol. The Morgan fingerprint density at radius 1 is 1.31 bits per heavy atom. The van der Waals surface area contributed by atoms with Gasteiger partial charge in [0.25, 0.3) is 0 Å². The van der Waals surface area contributed by atoms with Gasteiger partial charge in [-0.05, 0) is 18.1 Å². The van der Waals surface area contributed by atoms with Crippen LogP contribution in [0.5, 0.6) is 11.5 Å². The van der Waals surface area contributed by atoms with Crippen LogP contribution < -0.4 is 15.2 Å². The highest BCUT2D eigenvalue weighted by molar-refractivity contribution is 6.33. The summed E-state index contributed by atoms with van der Waals surface area (Å²) >= 11 is 6.24. The fourth-order valence-corrected chi connectivity index (χ4v) is 2.03. The highest BCUT2D eigenvalue weighted by Crippen LogP contribution is 2.39. The first-order valence-electron chi connectivity index (χ1n) is 5.31. The summed E-state index contributed by atoms with van der Waals surface area (Å²) < 4.78 is 10.4. The highest BCUT2D eigenvalue weighted by Gasteiger charge is 2.16. The Hall–Kier alpha value is -0.930. The molecule has 0 aliphatic carbocycles. The van der Waals surface area contributed by atoms with Gasteiger partial charge in [0.2, 0.25) is 0 Å². The van der Waals surface area contributed by atoms with Crippen LogP contribution >= 0.6 is 11.6 Å². The Labute approximate surface area is 101 Å². The van der Waals surface area contributed by atoms with Crippen LogP contribution in [-0.2, 0) is 0 Å². The minimum atomic E-state index is -0.0580. The van der Waals surface area contributed by atoms with Gasteiger partial charge in [-0.15, -0.1) is 0 Å². The van der Waals surface area contributed by atoms with E-state index in [1.54, 1.807) is 14.2 Å². The van der Waals surface area contributed by atoms with Crippen LogP contribution in [0.3, 0.4) is 0 Å². The first-order valence-corrected chi connectivity index (χ1v) is 5.69. The van der Waals surface area contributed by atoms with Crippen molar-refractivity contribution in [2.24, 2.45) is 5.73 Å². The number of nitrogens with two attached hydrogens (primary N) is 1. The maximum absolute atomic E-state index is 6.24. The molecule has 0 saturated heterocycles. The van der Waals surface area contributed by atoms with E-state index in [0.29, 0.717) is 16.5 Å². The molecule has 0 aromatic heterocycles. The van der Waals surface area contributed by atoms with Crippen LogP contribution in [-0.4, -0.2) is 14.2 Å². The molecule has 0 saturated carbocycles. The van der Waals surface area contributed by atoms with Gasteiger partial charge in [-0.1, -0.05) is 31.0 Å². The zero-order valence-electron chi connectivity index (χ0n) is 9.92. The lowest BCUT2D eigenvalue weighted by Crippen LogP contribution is -2.11. The van der Waals surface area contributed by atoms with Crippen LogP contribution in [0.15, 0.2) is 12.1 Å². The molecule has 1 aromatic carbocycles. The zero-order valence-corrected chi connectivity index (χ0v) is 10.7. The molecule has 16 heavy (non-hydrogen) atoms. The molecule has 0 spiro atoms. The molecule has 3 nitrogen and oxygen atoms in total. The number of ether oxygens (including phenoxy) is 2. The predicted molar refractivity (Wildman–Crippen MR) is 66.4 cm³/mol. The van der Waals surface area contributed by atoms with Gasteiger partial charge in [0.15, 0.2) is 11.5 Å². The molecule has 2 N–H and O–H groups in total. The SMILES string of the molecule is CCC[C@H](N)c1ccc(OC)c(OC)c1Cl. The Morgan fingerprint density at radius 2 is 2.00 bits per heavy atom. The lowest BCUT2D eigenvalue weighted by Gasteiger charge is -2.16. The minimum Gasteiger partial charge on any atom is -0.493 e. The van der Waals surface area contributed by atoms with E-state index in [1.165, 1.54) is 0 Å². The lowest BCUT2D eigenvalue weighted by molar-refractivity contribution is 0.354. The smallest absolute Gasteiger partial charge is 0.179 e. The van der Waals surface area contributed by atoms with Crippen LogP contribution in [0.2, 0.25) is 5.02 Å². The second-order valence-electron chi connectivity index (χ2n) is 3.60. The quantitative estimate of drug-likeness (QED) is 0.864. The largest absolute Gasteiger partial charge is 0.493 e. The third kappa shape index (κ3) is 2.60. The summed E-state index contributed by atoms with van der Waals surface area (Å²) in [7, 11) is 3.15. The third-order valence-corrected chi connectivity index (χ3v) is 2.90. The van der Waals surface area contributed by atoms with Gasteiger partial charge < -0.3 is 15.2 Å². The average Bonchev–Trinajstić information content (AvgIpc) is 2.28. The standard InChI is InChI=1S/C12H18ClNO2/c1-4-5-9(14)8-6-7-10(15-2)12(16-3)11(8)13/h6-7,9H,4-5,14H2,1-3H3/t9-/m0/s1. The highest BCUT2D eigenvalue weighted by atomic mass is 35.5. The second kappa shape index (κ2) is 5.97. The van der Waals surface area contributed by atoms with Crippen LogP contribution in [0.1, 0.15) is 31.4 Å². The number of hydrogen-bond acceptors (Lipinski definition) is 3. The van der Waals surface area contributed by atoms with Gasteiger partial charge in [-0.25, -0.2) is 0 Å². The van der Waals surface area contributed by atoms with E-state index in [1.807, 2.05) is 12.1 Å². The van der Waals surface area contributed by atoms with Gasteiger partial charge in [0, 0.05) is 6.04 Å². The summed E-state index contributed by atoms with van der Waals surface area (Å²) in [4.78, 5) is 0. The van der Waals surface area contributed by atoms with Crippen molar-refractivity contribution in [1.29, 1.82) is 0 Å². The van der Waals surface area contributed by atoms with Gasteiger partial charge in [0.05, 0.1) is 19.2 Å². The van der Waals surface area contributed by atoms with Crippen molar-refractivity contribution in [2.75, 3.05) is 14.2 Å². The fourth-order valence-electron chi connectivity index (χ4n) is 1.66. The molecule has 1 atom stereocenters. The lowest BCUT2D eigenvalue weighted by atomic mass is 10.0. The number of halogens is 1. The van der Waals surface area contributed by atoms with Gasteiger partial charge in [-0.2, -0.15) is 0 Å². The molecule has 90 valence electrons. The average molecular weight is 244 g/mol. The van der Waals surface area contributed by atoms with E-state index in [-0.39, 0.29) is 6.04 Å². The maximum atomic E-state index is 6.24. The Morgan fingerprint density at radius 3 is 2.50 bits per heavy atom. The first kappa shape index (κ1) is 13.1. The number of benzene rings is 1. The van der Waals surface area contributed by atoms with Gasteiger partial charge >= 0.3 is 0 Å². The second-order valence-corrected chi connectivity index (χ2v) is 3.98. The first-order chi connectivity index (χ1) is 7.65. The van der Waals surface area contributed by atoms with E-state index in [0.717, 1.165) is 18.4 Å². The Bertz CT molecular complexity index is 355. The molecule has 0 amide bonds. The molecule has 4 heteroatoms. The van der Waals surface area contributed by atoms with Crippen LogP contribution in [0.25, 0.3) is 0 Å². The Balaban J connectivity index is 3.13. The molecular formula is C12H18ClNO2. The summed E-state index contributed by atoms with van der Waals surface area (Å²) in [5.74, 6) is 1.17. The maximum Gasteiger partial charge on any atom is 0.179 e. The number of hydrogen-bond donors (Lipinski definition) is 1.